The van der Waals surface area contributed by atoms with E-state index in [0.29, 0.717) is 17.6 Å². The summed E-state index contributed by atoms with van der Waals surface area (Å²) < 4.78 is 0. The highest BCUT2D eigenvalue weighted by Gasteiger charge is 2.37. The molecule has 30 heavy (non-hydrogen) atoms. The van der Waals surface area contributed by atoms with Gasteiger partial charge in [0, 0.05) is 12.2 Å². The predicted molar refractivity (Wildman–Crippen MR) is 116 cm³/mol. The average molecular weight is 408 g/mol. The fourth-order valence-electron chi connectivity index (χ4n) is 3.96. The van der Waals surface area contributed by atoms with Gasteiger partial charge in [0.15, 0.2) is 0 Å². The molecule has 1 aliphatic heterocycles. The van der Waals surface area contributed by atoms with Crippen LogP contribution in [0.25, 0.3) is 11.1 Å². The summed E-state index contributed by atoms with van der Waals surface area (Å²) in [6, 6.07) is 14.4. The predicted octanol–water partition coefficient (Wildman–Crippen LogP) is 4.19. The number of hydrogen-bond acceptors (Lipinski definition) is 4. The Labute approximate surface area is 176 Å². The maximum absolute atomic E-state index is 12.0. The zero-order valence-corrected chi connectivity index (χ0v) is 17.6. The van der Waals surface area contributed by atoms with Crippen molar-refractivity contribution in [2.75, 3.05) is 6.54 Å². The summed E-state index contributed by atoms with van der Waals surface area (Å²) in [5, 5.41) is 21.3. The van der Waals surface area contributed by atoms with Crippen LogP contribution in [-0.2, 0) is 11.2 Å². The van der Waals surface area contributed by atoms with E-state index in [1.54, 1.807) is 18.2 Å². The van der Waals surface area contributed by atoms with Crippen molar-refractivity contribution in [2.45, 2.75) is 39.7 Å². The van der Waals surface area contributed by atoms with Crippen LogP contribution in [-0.4, -0.2) is 39.7 Å². The van der Waals surface area contributed by atoms with Gasteiger partial charge in [-0.25, -0.2) is 14.6 Å². The molecule has 6 nitrogen and oxygen atoms in total. The Balaban J connectivity index is 1.90. The topological polar surface area (TPSA) is 89.9 Å². The molecule has 158 valence electrons. The van der Waals surface area contributed by atoms with Crippen LogP contribution in [0.1, 0.15) is 43.1 Å². The maximum Gasteiger partial charge on any atom is 0.336 e. The maximum atomic E-state index is 12.0. The fourth-order valence-corrected chi connectivity index (χ4v) is 3.96. The van der Waals surface area contributed by atoms with Crippen molar-refractivity contribution >= 4 is 11.9 Å². The van der Waals surface area contributed by atoms with Crippen molar-refractivity contribution in [2.24, 2.45) is 5.92 Å². The highest BCUT2D eigenvalue weighted by Crippen LogP contribution is 2.30. The van der Waals surface area contributed by atoms with Gasteiger partial charge in [-0.15, -0.1) is 0 Å². The number of nitrogens with zero attached hydrogens (tertiary/aromatic N) is 1. The number of hydrazine groups is 1. The number of benzene rings is 2. The van der Waals surface area contributed by atoms with Crippen LogP contribution in [0.3, 0.4) is 0 Å². The lowest BCUT2D eigenvalue weighted by Crippen LogP contribution is -2.42. The van der Waals surface area contributed by atoms with Crippen LogP contribution in [0.15, 0.2) is 59.8 Å². The van der Waals surface area contributed by atoms with E-state index in [-0.39, 0.29) is 17.5 Å². The third-order valence-electron chi connectivity index (χ3n) is 5.39. The Morgan fingerprint density at radius 1 is 1.03 bits per heavy atom. The molecule has 1 atom stereocenters. The van der Waals surface area contributed by atoms with Crippen molar-refractivity contribution in [3.63, 3.8) is 0 Å². The van der Waals surface area contributed by atoms with Crippen molar-refractivity contribution in [3.8, 4) is 11.1 Å². The Kier molecular flexibility index (Phi) is 6.57. The van der Waals surface area contributed by atoms with Crippen molar-refractivity contribution in [3.05, 3.63) is 70.9 Å². The lowest BCUT2D eigenvalue weighted by Gasteiger charge is -2.26. The van der Waals surface area contributed by atoms with E-state index in [4.69, 9.17) is 0 Å². The first-order valence-electron chi connectivity index (χ1n) is 10.3. The minimum absolute atomic E-state index is 0.0929. The van der Waals surface area contributed by atoms with Crippen LogP contribution in [0, 0.1) is 5.92 Å². The Bertz CT molecular complexity index is 963. The molecule has 3 N–H and O–H groups in total. The van der Waals surface area contributed by atoms with Crippen LogP contribution < -0.4 is 5.43 Å². The molecule has 2 aromatic rings. The molecule has 0 bridgehead atoms. The van der Waals surface area contributed by atoms with E-state index in [2.05, 4.69) is 12.3 Å². The zero-order chi connectivity index (χ0) is 21.8. The molecule has 0 spiro atoms. The molecule has 3 rings (SSSR count). The van der Waals surface area contributed by atoms with Crippen LogP contribution in [0.4, 0.5) is 0 Å². The monoisotopic (exact) mass is 408 g/mol. The number of allylic oxidation sites excluding steroid dienone is 1. The number of carbonyl (C=O) groups is 2. The number of carboxylic acid groups (broad SMARTS) is 2. The summed E-state index contributed by atoms with van der Waals surface area (Å²) in [6.07, 6.45) is 1.47. The third kappa shape index (κ3) is 4.39. The lowest BCUT2D eigenvalue weighted by molar-refractivity contribution is -0.133. The first kappa shape index (κ1) is 21.6. The summed E-state index contributed by atoms with van der Waals surface area (Å²) in [4.78, 5) is 23.5. The van der Waals surface area contributed by atoms with Gasteiger partial charge in [0.1, 0.15) is 0 Å². The van der Waals surface area contributed by atoms with E-state index < -0.39 is 11.9 Å². The third-order valence-corrected chi connectivity index (χ3v) is 5.39. The Hall–Kier alpha value is -3.12. The minimum atomic E-state index is -0.959. The molecular weight excluding hydrogens is 380 g/mol. The van der Waals surface area contributed by atoms with Crippen molar-refractivity contribution in [1.29, 1.82) is 0 Å². The quantitative estimate of drug-likeness (QED) is 0.607. The van der Waals surface area contributed by atoms with Gasteiger partial charge in [0.25, 0.3) is 0 Å². The molecule has 1 aliphatic rings. The largest absolute Gasteiger partial charge is 0.478 e. The molecule has 6 heteroatoms. The van der Waals surface area contributed by atoms with E-state index in [1.807, 2.05) is 49.2 Å². The molecule has 0 aromatic heterocycles. The van der Waals surface area contributed by atoms with E-state index in [0.717, 1.165) is 29.8 Å². The van der Waals surface area contributed by atoms with Gasteiger partial charge in [-0.05, 0) is 41.5 Å². The normalized spacial score (nSPS) is 16.7. The Morgan fingerprint density at radius 2 is 1.70 bits per heavy atom. The number of aliphatic carboxylic acids is 1. The number of hydrogen-bond donors (Lipinski definition) is 3. The molecular formula is C24H28N2O4. The summed E-state index contributed by atoms with van der Waals surface area (Å²) in [7, 11) is 0. The minimum Gasteiger partial charge on any atom is -0.478 e. The first-order chi connectivity index (χ1) is 14.3. The molecule has 0 saturated heterocycles. The number of aromatic carboxylic acids is 1. The highest BCUT2D eigenvalue weighted by molar-refractivity contribution is 5.96. The molecule has 0 fully saturated rings. The van der Waals surface area contributed by atoms with Gasteiger partial charge >= 0.3 is 11.9 Å². The lowest BCUT2D eigenvalue weighted by atomic mass is 9.93. The molecule has 2 aromatic carbocycles. The van der Waals surface area contributed by atoms with Crippen LogP contribution in [0.5, 0.6) is 0 Å². The van der Waals surface area contributed by atoms with E-state index >= 15 is 0 Å². The van der Waals surface area contributed by atoms with E-state index in [1.165, 1.54) is 0 Å². The zero-order valence-electron chi connectivity index (χ0n) is 17.6. The first-order valence-corrected chi connectivity index (χ1v) is 10.3. The van der Waals surface area contributed by atoms with Gasteiger partial charge < -0.3 is 15.6 Å². The summed E-state index contributed by atoms with van der Waals surface area (Å²) in [6.45, 7) is 6.81. The summed E-state index contributed by atoms with van der Waals surface area (Å²) >= 11 is 0. The van der Waals surface area contributed by atoms with E-state index in [9.17, 15) is 19.8 Å². The summed E-state index contributed by atoms with van der Waals surface area (Å²) in [5.41, 5.74) is 7.27. The highest BCUT2D eigenvalue weighted by atomic mass is 16.4. The second-order valence-corrected chi connectivity index (χ2v) is 7.86. The van der Waals surface area contributed by atoms with Crippen LogP contribution >= 0.6 is 0 Å². The van der Waals surface area contributed by atoms with Gasteiger partial charge in [0.05, 0.1) is 17.2 Å². The molecule has 0 saturated carbocycles. The summed E-state index contributed by atoms with van der Waals surface area (Å²) in [5.74, 6) is -1.75. The molecule has 1 heterocycles. The standard InChI is InChI=1S/C24H28N2O4/c1-4-13-26-20(21(24(29)30)22(25-26)15(2)3)14-16-9-11-17(12-10-16)18-7-5-6-8-19(18)23(27)28/h5-12,15,20,25H,4,13-14H2,1-3H3,(H,27,28)(H,29,30). The van der Waals surface area contributed by atoms with Crippen LogP contribution in [0.2, 0.25) is 0 Å². The van der Waals surface area contributed by atoms with Gasteiger partial charge in [0.2, 0.25) is 0 Å². The molecule has 0 aliphatic carbocycles. The van der Waals surface area contributed by atoms with Crippen molar-refractivity contribution in [1.82, 2.24) is 10.4 Å². The fraction of sp³-hybridized carbons (Fsp3) is 0.333. The molecule has 1 unspecified atom stereocenters. The molecule has 0 radical (unpaired) electrons. The van der Waals surface area contributed by atoms with Gasteiger partial charge in [-0.3, -0.25) is 0 Å². The SMILES string of the molecule is CCCN1NC(C(C)C)=C(C(=O)O)C1Cc1ccc(-c2ccccc2C(=O)O)cc1. The second-order valence-electron chi connectivity index (χ2n) is 7.86. The number of nitrogens with one attached hydrogen (secondary N) is 1. The van der Waals surface area contributed by atoms with Crippen molar-refractivity contribution < 1.29 is 19.8 Å². The smallest absolute Gasteiger partial charge is 0.336 e. The second kappa shape index (κ2) is 9.13. The van der Waals surface area contributed by atoms with Gasteiger partial charge in [-0.2, -0.15) is 0 Å². The number of rotatable bonds is 8. The molecule has 0 amide bonds. The van der Waals surface area contributed by atoms with Gasteiger partial charge in [-0.1, -0.05) is 63.2 Å². The Morgan fingerprint density at radius 3 is 2.27 bits per heavy atom. The number of carboxylic acids is 2. The average Bonchev–Trinajstić information content (AvgIpc) is 3.07.